The Morgan fingerprint density at radius 1 is 1.36 bits per heavy atom. The van der Waals surface area contributed by atoms with Crippen molar-refractivity contribution in [2.75, 3.05) is 0 Å². The second-order valence-electron chi connectivity index (χ2n) is 5.29. The van der Waals surface area contributed by atoms with Crippen molar-refractivity contribution in [3.8, 4) is 0 Å². The van der Waals surface area contributed by atoms with E-state index in [2.05, 4.69) is 28.7 Å². The molecule has 118 valence electrons. The lowest BCUT2D eigenvalue weighted by Crippen LogP contribution is -2.24. The minimum absolute atomic E-state index is 0.0333. The predicted molar refractivity (Wildman–Crippen MR) is 83.8 cm³/mol. The van der Waals surface area contributed by atoms with E-state index in [4.69, 9.17) is 5.11 Å². The van der Waals surface area contributed by atoms with Crippen LogP contribution in [0.4, 0.5) is 0 Å². The Hall–Kier alpha value is -2.37. The molecule has 2 N–H and O–H groups in total. The minimum Gasteiger partial charge on any atom is -0.478 e. The third-order valence-electron chi connectivity index (χ3n) is 3.81. The summed E-state index contributed by atoms with van der Waals surface area (Å²) in [6.45, 7) is 6.30. The molecule has 0 aliphatic rings. The lowest BCUT2D eigenvalue weighted by atomic mass is 10.2. The highest BCUT2D eigenvalue weighted by Crippen LogP contribution is 2.24. The van der Waals surface area contributed by atoms with Crippen LogP contribution >= 0.6 is 0 Å². The first-order valence-corrected chi connectivity index (χ1v) is 7.48. The van der Waals surface area contributed by atoms with Gasteiger partial charge in [0.1, 0.15) is 5.82 Å². The van der Waals surface area contributed by atoms with Crippen molar-refractivity contribution < 1.29 is 14.7 Å². The molecule has 1 atom stereocenters. The van der Waals surface area contributed by atoms with Gasteiger partial charge in [-0.05, 0) is 31.5 Å². The van der Waals surface area contributed by atoms with Gasteiger partial charge in [0, 0.05) is 12.5 Å². The molecule has 0 saturated heterocycles. The largest absolute Gasteiger partial charge is 0.478 e. The number of hydrogen-bond acceptors (Lipinski definition) is 3. The van der Waals surface area contributed by atoms with Gasteiger partial charge < -0.3 is 15.0 Å². The average Bonchev–Trinajstić information content (AvgIpc) is 2.88. The number of benzene rings is 1. The molecule has 0 spiro atoms. The van der Waals surface area contributed by atoms with Crippen molar-refractivity contribution in [1.29, 1.82) is 0 Å². The fourth-order valence-corrected chi connectivity index (χ4v) is 2.38. The van der Waals surface area contributed by atoms with Crippen LogP contribution < -0.4 is 5.32 Å². The number of rotatable bonds is 6. The summed E-state index contributed by atoms with van der Waals surface area (Å²) in [5.74, 6) is -0.261. The molecule has 1 aromatic heterocycles. The Bertz CT molecular complexity index is 706. The topological polar surface area (TPSA) is 84.2 Å². The van der Waals surface area contributed by atoms with Crippen LogP contribution in [0, 0.1) is 0 Å². The van der Waals surface area contributed by atoms with E-state index in [-0.39, 0.29) is 17.5 Å². The molecule has 0 aliphatic heterocycles. The first-order chi connectivity index (χ1) is 10.5. The van der Waals surface area contributed by atoms with Gasteiger partial charge in [0.2, 0.25) is 5.91 Å². The van der Waals surface area contributed by atoms with E-state index < -0.39 is 5.97 Å². The second-order valence-corrected chi connectivity index (χ2v) is 5.29. The Morgan fingerprint density at radius 2 is 2.09 bits per heavy atom. The third kappa shape index (κ3) is 3.10. The Labute approximate surface area is 129 Å². The SMILES string of the molecule is CCC(=O)NCc1nc2cc(C(=O)O)ccc2n1C(C)CC. The molecular weight excluding hydrogens is 282 g/mol. The zero-order valence-electron chi connectivity index (χ0n) is 13.1. The van der Waals surface area contributed by atoms with Gasteiger partial charge in [-0.2, -0.15) is 0 Å². The van der Waals surface area contributed by atoms with Crippen LogP contribution in [0.5, 0.6) is 0 Å². The molecular formula is C16H21N3O3. The van der Waals surface area contributed by atoms with E-state index in [0.29, 0.717) is 18.5 Å². The summed E-state index contributed by atoms with van der Waals surface area (Å²) in [5, 5.41) is 11.9. The van der Waals surface area contributed by atoms with E-state index in [1.807, 2.05) is 0 Å². The van der Waals surface area contributed by atoms with Gasteiger partial charge >= 0.3 is 5.97 Å². The molecule has 0 saturated carbocycles. The van der Waals surface area contributed by atoms with E-state index in [9.17, 15) is 9.59 Å². The highest BCUT2D eigenvalue weighted by atomic mass is 16.4. The number of carboxylic acids is 1. The van der Waals surface area contributed by atoms with Crippen LogP contribution in [0.3, 0.4) is 0 Å². The lowest BCUT2D eigenvalue weighted by Gasteiger charge is -2.16. The number of carboxylic acid groups (broad SMARTS) is 1. The van der Waals surface area contributed by atoms with Crippen molar-refractivity contribution in [3.63, 3.8) is 0 Å². The molecule has 6 heteroatoms. The molecule has 0 fully saturated rings. The zero-order valence-corrected chi connectivity index (χ0v) is 13.1. The Morgan fingerprint density at radius 3 is 2.68 bits per heavy atom. The Kier molecular flexibility index (Phi) is 4.80. The first-order valence-electron chi connectivity index (χ1n) is 7.48. The molecule has 1 heterocycles. The molecule has 1 unspecified atom stereocenters. The van der Waals surface area contributed by atoms with Crippen LogP contribution in [0.25, 0.3) is 11.0 Å². The number of nitrogens with one attached hydrogen (secondary N) is 1. The summed E-state index contributed by atoms with van der Waals surface area (Å²) < 4.78 is 2.07. The fraction of sp³-hybridized carbons (Fsp3) is 0.438. The molecule has 0 radical (unpaired) electrons. The highest BCUT2D eigenvalue weighted by molar-refractivity contribution is 5.92. The average molecular weight is 303 g/mol. The van der Waals surface area contributed by atoms with E-state index in [0.717, 1.165) is 17.8 Å². The maximum Gasteiger partial charge on any atom is 0.335 e. The smallest absolute Gasteiger partial charge is 0.335 e. The number of hydrogen-bond donors (Lipinski definition) is 2. The van der Waals surface area contributed by atoms with E-state index >= 15 is 0 Å². The van der Waals surface area contributed by atoms with Gasteiger partial charge in [0.25, 0.3) is 0 Å². The molecule has 0 bridgehead atoms. The number of nitrogens with zero attached hydrogens (tertiary/aromatic N) is 2. The summed E-state index contributed by atoms with van der Waals surface area (Å²) in [6.07, 6.45) is 1.34. The van der Waals surface area contributed by atoms with E-state index in [1.165, 1.54) is 0 Å². The van der Waals surface area contributed by atoms with Crippen molar-refractivity contribution in [2.45, 2.75) is 46.2 Å². The van der Waals surface area contributed by atoms with Crippen molar-refractivity contribution in [1.82, 2.24) is 14.9 Å². The molecule has 2 rings (SSSR count). The summed E-state index contributed by atoms with van der Waals surface area (Å²) >= 11 is 0. The van der Waals surface area contributed by atoms with Gasteiger partial charge in [-0.1, -0.05) is 13.8 Å². The first kappa shape index (κ1) is 16.0. The number of aromatic nitrogens is 2. The van der Waals surface area contributed by atoms with Gasteiger partial charge in [-0.3, -0.25) is 4.79 Å². The van der Waals surface area contributed by atoms with Crippen molar-refractivity contribution in [2.24, 2.45) is 0 Å². The number of carbonyl (C=O) groups is 2. The summed E-state index contributed by atoms with van der Waals surface area (Å²) in [4.78, 5) is 27.1. The van der Waals surface area contributed by atoms with Crippen LogP contribution in [0.2, 0.25) is 0 Å². The van der Waals surface area contributed by atoms with E-state index in [1.54, 1.807) is 25.1 Å². The quantitative estimate of drug-likeness (QED) is 0.859. The van der Waals surface area contributed by atoms with Crippen LogP contribution in [-0.4, -0.2) is 26.5 Å². The van der Waals surface area contributed by atoms with Gasteiger partial charge in [0.05, 0.1) is 23.1 Å². The monoisotopic (exact) mass is 303 g/mol. The molecule has 1 aromatic carbocycles. The maximum absolute atomic E-state index is 11.5. The van der Waals surface area contributed by atoms with Gasteiger partial charge in [0.15, 0.2) is 0 Å². The van der Waals surface area contributed by atoms with Gasteiger partial charge in [-0.25, -0.2) is 9.78 Å². The molecule has 0 aliphatic carbocycles. The molecule has 22 heavy (non-hydrogen) atoms. The summed E-state index contributed by atoms with van der Waals surface area (Å²) in [6, 6.07) is 5.15. The van der Waals surface area contributed by atoms with Crippen LogP contribution in [0.15, 0.2) is 18.2 Å². The van der Waals surface area contributed by atoms with Gasteiger partial charge in [-0.15, -0.1) is 0 Å². The van der Waals surface area contributed by atoms with Crippen LogP contribution in [0.1, 0.15) is 55.8 Å². The number of imidazole rings is 1. The standard InChI is InChI=1S/C16H21N3O3/c1-4-10(3)19-13-7-6-11(16(21)22)8-12(13)18-14(19)9-17-15(20)5-2/h6-8,10H,4-5,9H2,1-3H3,(H,17,20)(H,21,22). The highest BCUT2D eigenvalue weighted by Gasteiger charge is 2.16. The lowest BCUT2D eigenvalue weighted by molar-refractivity contribution is -0.120. The number of carbonyl (C=O) groups excluding carboxylic acids is 1. The maximum atomic E-state index is 11.5. The third-order valence-corrected chi connectivity index (χ3v) is 3.81. The number of fused-ring (bicyclic) bond motifs is 1. The second kappa shape index (κ2) is 6.60. The van der Waals surface area contributed by atoms with Crippen LogP contribution in [-0.2, 0) is 11.3 Å². The zero-order chi connectivity index (χ0) is 16.3. The van der Waals surface area contributed by atoms with Crippen molar-refractivity contribution in [3.05, 3.63) is 29.6 Å². The molecule has 2 aromatic rings. The molecule has 1 amide bonds. The Balaban J connectivity index is 2.48. The van der Waals surface area contributed by atoms with Crippen molar-refractivity contribution >= 4 is 22.9 Å². The minimum atomic E-state index is -0.971. The predicted octanol–water partition coefficient (Wildman–Crippen LogP) is 2.73. The molecule has 6 nitrogen and oxygen atoms in total. The summed E-state index contributed by atoms with van der Waals surface area (Å²) in [5.41, 5.74) is 1.74. The summed E-state index contributed by atoms with van der Waals surface area (Å²) in [7, 11) is 0. The normalized spacial score (nSPS) is 12.3. The number of amides is 1. The number of aromatic carboxylic acids is 1. The fourth-order valence-electron chi connectivity index (χ4n) is 2.38.